The van der Waals surface area contributed by atoms with Gasteiger partial charge >= 0.3 is 0 Å². The second-order valence-electron chi connectivity index (χ2n) is 20.4. The zero-order valence-electron chi connectivity index (χ0n) is 45.8. The van der Waals surface area contributed by atoms with Gasteiger partial charge in [-0.2, -0.15) is 11.1 Å². The molecule has 1 aliphatic carbocycles. The van der Waals surface area contributed by atoms with Crippen LogP contribution in [-0.4, -0.2) is 8.80 Å². The summed E-state index contributed by atoms with van der Waals surface area (Å²) in [5, 5.41) is 4.36. The maximum absolute atomic E-state index is 3.36. The van der Waals surface area contributed by atoms with Crippen LogP contribution in [0.25, 0.3) is 0 Å². The predicted octanol–water partition coefficient (Wildman–Crippen LogP) is 16.7. The van der Waals surface area contributed by atoms with Gasteiger partial charge in [0, 0.05) is 21.7 Å². The zero-order chi connectivity index (χ0) is 50.7. The quantitative estimate of drug-likeness (QED) is 0.0545. The monoisotopic (exact) mass is 1120 g/mol. The Balaban J connectivity index is 0.000000766. The van der Waals surface area contributed by atoms with Crippen LogP contribution in [0.1, 0.15) is 111 Å². The fraction of sp³-hybridized carbons (Fsp3) is 0.194. The summed E-state index contributed by atoms with van der Waals surface area (Å²) < 4.78 is 0. The van der Waals surface area contributed by atoms with Crippen LogP contribution in [-0.2, 0) is 60.2 Å². The SMILES string of the molecule is CC1=[C-]C(C)C(C)=C1C.Cc1c(Cc2ccccc2)cc([Si](c2cc(Cc3ccccc3)c(C)c(Cc3ccccc3)c2)c2cc(Cc3ccccc3)c(C)c(Cc3ccccc3)c2)cc1Cc1ccccc1.Cl.Cl.Cl.[Ti]. The molecule has 0 aliphatic heterocycles. The van der Waals surface area contributed by atoms with E-state index in [4.69, 9.17) is 0 Å². The van der Waals surface area contributed by atoms with Gasteiger partial charge in [-0.15, -0.1) is 44.1 Å². The van der Waals surface area contributed by atoms with Gasteiger partial charge in [0.15, 0.2) is 8.80 Å². The molecule has 10 rings (SSSR count). The van der Waals surface area contributed by atoms with Crippen LogP contribution in [0.5, 0.6) is 0 Å². The fourth-order valence-corrected chi connectivity index (χ4v) is 13.5. The summed E-state index contributed by atoms with van der Waals surface area (Å²) >= 11 is 0. The number of halogens is 3. The Labute approximate surface area is 497 Å². The summed E-state index contributed by atoms with van der Waals surface area (Å²) in [4.78, 5) is 0. The Bertz CT molecular complexity index is 2820. The molecule has 5 heteroatoms. The second-order valence-corrected chi connectivity index (χ2v) is 22.9. The van der Waals surface area contributed by atoms with Crippen molar-refractivity contribution in [2.45, 2.75) is 87.0 Å². The maximum atomic E-state index is 3.36. The average Bonchev–Trinajstić information content (AvgIpc) is 3.65. The molecule has 77 heavy (non-hydrogen) atoms. The zero-order valence-corrected chi connectivity index (χ0v) is 50.8. The summed E-state index contributed by atoms with van der Waals surface area (Å²) in [6.45, 7) is 15.7. The Morgan fingerprint density at radius 1 is 0.325 bits per heavy atom. The summed E-state index contributed by atoms with van der Waals surface area (Å²) in [5.74, 6) is 0.560. The number of rotatable bonds is 15. The van der Waals surface area contributed by atoms with Crippen molar-refractivity contribution in [3.05, 3.63) is 325 Å². The molecule has 9 aromatic rings. The third-order valence-electron chi connectivity index (χ3n) is 15.4. The predicted molar refractivity (Wildman–Crippen MR) is 335 cm³/mol. The van der Waals surface area contributed by atoms with Crippen LogP contribution < -0.4 is 15.6 Å². The molecule has 1 unspecified atom stereocenters. The second kappa shape index (κ2) is 29.9. The minimum atomic E-state index is -1.61. The Hall–Kier alpha value is -5.74. The molecule has 0 aromatic heterocycles. The molecule has 1 aliphatic rings. The first kappa shape index (κ1) is 62.1. The summed E-state index contributed by atoms with van der Waals surface area (Å²) in [6.07, 6.45) is 8.75. The van der Waals surface area contributed by atoms with Crippen molar-refractivity contribution >= 4 is 61.6 Å². The summed E-state index contributed by atoms with van der Waals surface area (Å²) in [5.41, 5.74) is 25.0. The van der Waals surface area contributed by atoms with Crippen LogP contribution in [0.2, 0.25) is 0 Å². The first-order valence-corrected chi connectivity index (χ1v) is 27.8. The van der Waals surface area contributed by atoms with E-state index >= 15 is 0 Å². The van der Waals surface area contributed by atoms with Crippen LogP contribution in [0.15, 0.2) is 235 Å². The largest absolute Gasteiger partial charge is 0.266 e. The molecule has 391 valence electrons. The molecule has 1 radical (unpaired) electrons. The van der Waals surface area contributed by atoms with E-state index in [-0.39, 0.29) is 58.9 Å². The van der Waals surface area contributed by atoms with Crippen molar-refractivity contribution in [2.75, 3.05) is 0 Å². The van der Waals surface area contributed by atoms with Crippen molar-refractivity contribution in [3.63, 3.8) is 0 Å². The first-order valence-electron chi connectivity index (χ1n) is 26.3. The average molecular weight is 1120 g/mol. The molecule has 0 saturated heterocycles. The molecule has 0 spiro atoms. The van der Waals surface area contributed by atoms with Crippen molar-refractivity contribution in [3.8, 4) is 0 Å². The first-order chi connectivity index (χ1) is 35.6. The van der Waals surface area contributed by atoms with Crippen LogP contribution in [0, 0.1) is 32.8 Å². The third-order valence-corrected chi connectivity index (χ3v) is 18.0. The number of hydrogen-bond donors (Lipinski definition) is 0. The minimum absolute atomic E-state index is 0. The molecule has 9 aromatic carbocycles. The van der Waals surface area contributed by atoms with E-state index in [0.717, 1.165) is 38.5 Å². The summed E-state index contributed by atoms with van der Waals surface area (Å²) in [7, 11) is -1.61. The van der Waals surface area contributed by atoms with Gasteiger partial charge in [0.1, 0.15) is 0 Å². The van der Waals surface area contributed by atoms with Crippen molar-refractivity contribution in [2.24, 2.45) is 5.92 Å². The molecular weight excluding hydrogens is 1050 g/mol. The van der Waals surface area contributed by atoms with Crippen molar-refractivity contribution in [1.82, 2.24) is 0 Å². The van der Waals surface area contributed by atoms with Crippen LogP contribution in [0.3, 0.4) is 0 Å². The van der Waals surface area contributed by atoms with E-state index in [1.54, 1.807) is 0 Å². The van der Waals surface area contributed by atoms with Crippen LogP contribution in [0.4, 0.5) is 0 Å². The third kappa shape index (κ3) is 16.2. The molecule has 0 N–H and O–H groups in total. The van der Waals surface area contributed by atoms with E-state index in [1.807, 2.05) is 0 Å². The fourth-order valence-electron chi connectivity index (χ4n) is 10.6. The van der Waals surface area contributed by atoms with E-state index in [9.17, 15) is 0 Å². The standard InChI is InChI=1S/C63H57Si.C9H13.3ClH.Ti/c1-46-55(34-49-22-10-4-11-23-49)40-61(41-56(46)35-50-24-12-5-13-25-50)64(62-42-57(36-51-26-14-6-15-27-51)47(2)58(43-62)37-52-28-16-7-17-29-52)63-44-59(38-53-30-18-8-19-31-53)48(3)60(45-63)39-54-32-20-9-21-33-54;1-6-5-7(2)9(4)8(6)3;;;;/h4-33,40-45H,34-39H2,1-3H3;6H,1-4H3;3*1H;/q;-1;;;;. The molecule has 0 saturated carbocycles. The molecular formula is C72H73Cl3SiTi-. The Morgan fingerprint density at radius 2 is 0.519 bits per heavy atom. The topological polar surface area (TPSA) is 0 Å². The summed E-state index contributed by atoms with van der Waals surface area (Å²) in [6, 6.07) is 81.9. The van der Waals surface area contributed by atoms with Gasteiger partial charge in [0.25, 0.3) is 0 Å². The maximum Gasteiger partial charge on any atom is 0.154 e. The molecule has 0 amide bonds. The van der Waals surface area contributed by atoms with Crippen molar-refractivity contribution in [1.29, 1.82) is 0 Å². The molecule has 0 heterocycles. The van der Waals surface area contributed by atoms with Gasteiger partial charge in [0.05, 0.1) is 0 Å². The van der Waals surface area contributed by atoms with Gasteiger partial charge < -0.3 is 0 Å². The number of hydrogen-bond acceptors (Lipinski definition) is 0. The number of allylic oxidation sites excluding steroid dienone is 4. The Kier molecular flexibility index (Phi) is 24.1. The molecule has 0 fully saturated rings. The van der Waals surface area contributed by atoms with Gasteiger partial charge in [-0.05, 0) is 143 Å². The van der Waals surface area contributed by atoms with Crippen molar-refractivity contribution < 1.29 is 21.7 Å². The van der Waals surface area contributed by atoms with Gasteiger partial charge in [-0.25, -0.2) is 5.57 Å². The number of benzene rings is 9. The molecule has 0 bridgehead atoms. The van der Waals surface area contributed by atoms with Gasteiger partial charge in [0.2, 0.25) is 0 Å². The van der Waals surface area contributed by atoms with Crippen LogP contribution >= 0.6 is 37.2 Å². The van der Waals surface area contributed by atoms with E-state index < -0.39 is 8.80 Å². The van der Waals surface area contributed by atoms with Gasteiger partial charge in [-0.1, -0.05) is 261 Å². The smallest absolute Gasteiger partial charge is 0.154 e. The normalized spacial score (nSPS) is 12.5. The minimum Gasteiger partial charge on any atom is -0.266 e. The molecule has 0 nitrogen and oxygen atoms in total. The van der Waals surface area contributed by atoms with Gasteiger partial charge in [-0.3, -0.25) is 6.08 Å². The Morgan fingerprint density at radius 3 is 0.662 bits per heavy atom. The van der Waals surface area contributed by atoms with E-state index in [1.165, 1.54) is 116 Å². The van der Waals surface area contributed by atoms with E-state index in [2.05, 4.69) is 273 Å². The molecule has 1 atom stereocenters. The van der Waals surface area contributed by atoms with E-state index in [0.29, 0.717) is 5.92 Å².